The van der Waals surface area contributed by atoms with Crippen LogP contribution in [0.3, 0.4) is 0 Å². The van der Waals surface area contributed by atoms with Crippen molar-refractivity contribution in [1.82, 2.24) is 0 Å². The minimum Gasteiger partial charge on any atom is -0.377 e. The molecule has 0 saturated heterocycles. The van der Waals surface area contributed by atoms with Crippen LogP contribution in [0.25, 0.3) is 0 Å². The lowest BCUT2D eigenvalue weighted by Gasteiger charge is -2.21. The van der Waals surface area contributed by atoms with Crippen molar-refractivity contribution in [1.29, 1.82) is 0 Å². The Kier molecular flexibility index (Phi) is 12.4. The first kappa shape index (κ1) is 17.9. The second-order valence-corrected chi connectivity index (χ2v) is 4.48. The smallest absolute Gasteiger partial charge is 0.160 e. The minimum absolute atomic E-state index is 0.000000000000000222. The van der Waals surface area contributed by atoms with Gasteiger partial charge in [0.25, 0.3) is 0 Å². The van der Waals surface area contributed by atoms with Crippen molar-refractivity contribution >= 4 is 17.3 Å². The highest BCUT2D eigenvalue weighted by atomic mass is 32.1. The van der Waals surface area contributed by atoms with Crippen molar-refractivity contribution in [3.05, 3.63) is 0 Å². The summed E-state index contributed by atoms with van der Waals surface area (Å²) in [5.41, 5.74) is 25.4. The lowest BCUT2D eigenvalue weighted by Crippen LogP contribution is -2.55. The number of hydrogen-bond acceptors (Lipinski definition) is 4. The van der Waals surface area contributed by atoms with Crippen LogP contribution in [0.5, 0.6) is 0 Å². The van der Waals surface area contributed by atoms with Crippen molar-refractivity contribution < 1.29 is 0 Å². The number of hydrogen-bond donors (Lipinski definition) is 5. The summed E-state index contributed by atoms with van der Waals surface area (Å²) >= 11 is 4.09. The molecule has 5 nitrogen and oxygen atoms in total. The normalized spacial score (nSPS) is 10.5. The van der Waals surface area contributed by atoms with Gasteiger partial charge in [0.2, 0.25) is 0 Å². The van der Waals surface area contributed by atoms with E-state index < -0.39 is 5.66 Å². The van der Waals surface area contributed by atoms with E-state index in [2.05, 4.69) is 30.6 Å². The molecule has 6 heteroatoms. The predicted octanol–water partition coefficient (Wildman–Crippen LogP) is 0.108. The largest absolute Gasteiger partial charge is 0.377 e. The fraction of sp³-hybridized carbons (Fsp3) is 0.900. The molecule has 16 heavy (non-hydrogen) atoms. The van der Waals surface area contributed by atoms with E-state index in [-0.39, 0.29) is 5.11 Å². The first-order chi connectivity index (χ1) is 7.35. The van der Waals surface area contributed by atoms with E-state index in [0.29, 0.717) is 6.54 Å². The molecule has 0 atom stereocenters. The van der Waals surface area contributed by atoms with Gasteiger partial charge in [-0.15, -0.1) is 0 Å². The summed E-state index contributed by atoms with van der Waals surface area (Å²) in [4.78, 5) is 0. The number of rotatable bonds is 7. The van der Waals surface area contributed by atoms with Gasteiger partial charge < -0.3 is 28.7 Å². The first-order valence-corrected chi connectivity index (χ1v) is 6.09. The molecule has 0 heterocycles. The number of unbranched alkanes of at least 4 members (excludes halogenated alkanes) is 4. The summed E-state index contributed by atoms with van der Waals surface area (Å²) in [6.45, 7) is 2.58. The third-order valence-electron chi connectivity index (χ3n) is 2.13. The Morgan fingerprint density at radius 3 is 1.88 bits per heavy atom. The molecule has 98 valence electrons. The maximum atomic E-state index is 5.68. The molecule has 0 aromatic heterocycles. The van der Waals surface area contributed by atoms with E-state index in [0.717, 1.165) is 12.8 Å². The summed E-state index contributed by atoms with van der Waals surface area (Å²) < 4.78 is 0. The van der Waals surface area contributed by atoms with Crippen LogP contribution < -0.4 is 28.7 Å². The molecule has 0 amide bonds. The lowest BCUT2D eigenvalue weighted by molar-refractivity contribution is 0.396. The summed E-state index contributed by atoms with van der Waals surface area (Å²) in [6, 6.07) is 0. The van der Waals surface area contributed by atoms with Gasteiger partial charge in [0.15, 0.2) is 5.11 Å². The van der Waals surface area contributed by atoms with Gasteiger partial charge >= 0.3 is 0 Å². The Balaban J connectivity index is 0. The molecule has 0 saturated carbocycles. The zero-order valence-electron chi connectivity index (χ0n) is 10.2. The minimum atomic E-state index is -0.633. The van der Waals surface area contributed by atoms with Gasteiger partial charge in [-0.3, -0.25) is 0 Å². The molecular formula is C10H27N5S. The predicted molar refractivity (Wildman–Crippen MR) is 74.5 cm³/mol. The van der Waals surface area contributed by atoms with Crippen molar-refractivity contribution in [2.75, 3.05) is 6.54 Å². The lowest BCUT2D eigenvalue weighted by atomic mass is 10.0. The number of nitrogens with two attached hydrogens (primary N) is 5. The quantitative estimate of drug-likeness (QED) is 0.247. The molecule has 0 aliphatic heterocycles. The van der Waals surface area contributed by atoms with Crippen LogP contribution in [-0.4, -0.2) is 17.3 Å². The zero-order chi connectivity index (χ0) is 13.0. The van der Waals surface area contributed by atoms with Gasteiger partial charge in [0.05, 0.1) is 5.66 Å². The highest BCUT2D eigenvalue weighted by molar-refractivity contribution is 7.80. The molecular weight excluding hydrogens is 222 g/mol. The van der Waals surface area contributed by atoms with Gasteiger partial charge in [-0.2, -0.15) is 0 Å². The second kappa shape index (κ2) is 11.1. The maximum Gasteiger partial charge on any atom is 0.160 e. The Bertz CT molecular complexity index is 169. The van der Waals surface area contributed by atoms with Crippen LogP contribution in [0.1, 0.15) is 45.4 Å². The van der Waals surface area contributed by atoms with E-state index in [9.17, 15) is 0 Å². The van der Waals surface area contributed by atoms with Crippen LogP contribution in [0.2, 0.25) is 0 Å². The van der Waals surface area contributed by atoms with E-state index >= 15 is 0 Å². The third kappa shape index (κ3) is 19.2. The molecule has 0 bridgehead atoms. The van der Waals surface area contributed by atoms with E-state index in [1.807, 2.05) is 0 Å². The van der Waals surface area contributed by atoms with Crippen molar-refractivity contribution in [3.8, 4) is 0 Å². The molecule has 0 rings (SSSR count). The van der Waals surface area contributed by atoms with Crippen molar-refractivity contribution in [2.24, 2.45) is 28.7 Å². The molecule has 0 aromatic rings. The summed E-state index contributed by atoms with van der Waals surface area (Å²) in [6.07, 6.45) is 7.04. The topological polar surface area (TPSA) is 130 Å². The van der Waals surface area contributed by atoms with E-state index in [4.69, 9.17) is 17.2 Å². The Morgan fingerprint density at radius 1 is 1.06 bits per heavy atom. The number of thiocarbonyl (C=S) groups is 1. The third-order valence-corrected chi connectivity index (χ3v) is 2.13. The van der Waals surface area contributed by atoms with Gasteiger partial charge in [0, 0.05) is 6.54 Å². The monoisotopic (exact) mass is 249 g/mol. The van der Waals surface area contributed by atoms with Gasteiger partial charge in [0.1, 0.15) is 0 Å². The zero-order valence-corrected chi connectivity index (χ0v) is 11.1. The van der Waals surface area contributed by atoms with Crippen LogP contribution in [0, 0.1) is 0 Å². The van der Waals surface area contributed by atoms with Crippen molar-refractivity contribution in [3.63, 3.8) is 0 Å². The maximum absolute atomic E-state index is 5.68. The van der Waals surface area contributed by atoms with Crippen LogP contribution in [0.4, 0.5) is 0 Å². The Morgan fingerprint density at radius 2 is 1.50 bits per heavy atom. The van der Waals surface area contributed by atoms with Gasteiger partial charge in [-0.25, -0.2) is 0 Å². The Hall–Kier alpha value is -0.430. The summed E-state index contributed by atoms with van der Waals surface area (Å²) in [7, 11) is 0. The molecule has 0 radical (unpaired) electrons. The van der Waals surface area contributed by atoms with Crippen LogP contribution >= 0.6 is 12.2 Å². The molecule has 0 aliphatic carbocycles. The molecule has 10 N–H and O–H groups in total. The molecule has 0 spiro atoms. The van der Waals surface area contributed by atoms with Gasteiger partial charge in [-0.05, 0) is 18.6 Å². The summed E-state index contributed by atoms with van der Waals surface area (Å²) in [5, 5.41) is 0.000000000000000222. The van der Waals surface area contributed by atoms with E-state index in [1.54, 1.807) is 0 Å². The fourth-order valence-corrected chi connectivity index (χ4v) is 1.16. The van der Waals surface area contributed by atoms with Crippen LogP contribution in [-0.2, 0) is 0 Å². The molecule has 0 fully saturated rings. The summed E-state index contributed by atoms with van der Waals surface area (Å²) in [5.74, 6) is 0. The van der Waals surface area contributed by atoms with Crippen molar-refractivity contribution in [2.45, 2.75) is 51.1 Å². The van der Waals surface area contributed by atoms with Gasteiger partial charge in [-0.1, -0.05) is 39.0 Å². The average molecular weight is 249 g/mol. The van der Waals surface area contributed by atoms with E-state index in [1.165, 1.54) is 25.7 Å². The molecule has 0 aromatic carbocycles. The Labute approximate surface area is 104 Å². The first-order valence-electron chi connectivity index (χ1n) is 5.68. The van der Waals surface area contributed by atoms with Crippen LogP contribution in [0.15, 0.2) is 0 Å². The fourth-order valence-electron chi connectivity index (χ4n) is 1.16. The average Bonchev–Trinajstić information content (AvgIpc) is 2.17. The SMILES string of the molecule is CCCCCCCC(N)(N)CN.NC(N)=S. The second-order valence-electron chi connectivity index (χ2n) is 4.00. The molecule has 0 aliphatic rings. The standard InChI is InChI=1S/C9H23N3.CH4N2S/c1-2-3-4-5-6-7-9(11,12)8-10;2-1(3)4/h2-8,10-12H2,1H3;(H4,2,3,4). The molecule has 0 unspecified atom stereocenters. The highest BCUT2D eigenvalue weighted by Gasteiger charge is 2.14. The highest BCUT2D eigenvalue weighted by Crippen LogP contribution is 2.08.